The van der Waals surface area contributed by atoms with Gasteiger partial charge in [-0.3, -0.25) is 9.59 Å². The smallest absolute Gasteiger partial charge is 0.306 e. The Morgan fingerprint density at radius 3 is 1.19 bits per heavy atom. The lowest BCUT2D eigenvalue weighted by Gasteiger charge is -2.18. The van der Waals surface area contributed by atoms with E-state index in [9.17, 15) is 9.59 Å². The van der Waals surface area contributed by atoms with Crippen molar-refractivity contribution in [2.75, 3.05) is 0 Å². The molecule has 0 aromatic heterocycles. The monoisotopic (exact) mass is 727 g/mol. The normalized spacial score (nSPS) is 12.7. The van der Waals surface area contributed by atoms with Crippen LogP contribution in [0.5, 0.6) is 0 Å². The Labute approximate surface area is 323 Å². The molecule has 0 fully saturated rings. The van der Waals surface area contributed by atoms with E-state index < -0.39 is 5.97 Å². The van der Waals surface area contributed by atoms with Crippen LogP contribution in [-0.4, -0.2) is 23.1 Å². The second kappa shape index (κ2) is 43.3. The molecule has 0 aliphatic heterocycles. The Morgan fingerprint density at radius 2 is 0.750 bits per heavy atom. The standard InChI is InChI=1S/C48H86O4/c1-3-5-7-9-11-13-15-16-17-18-19-20-21-22-23-24-26-28-33-37-41-45-48(51)52-46(43-39-35-31-29-32-36-40-44-47(49)50)42-38-34-30-27-25-14-12-10-8-6-4-2/h11,13,16-17,19-20,22-23,46H,3-10,12,14-15,18,21,24-45H2,1-2H3,(H,49,50)/b13-11-,17-16-,20-19-,23-22-. The molecule has 0 spiro atoms. The molecule has 4 nitrogen and oxygen atoms in total. The maximum Gasteiger partial charge on any atom is 0.306 e. The molecule has 1 unspecified atom stereocenters. The van der Waals surface area contributed by atoms with Crippen molar-refractivity contribution in [3.63, 3.8) is 0 Å². The van der Waals surface area contributed by atoms with E-state index in [2.05, 4.69) is 62.5 Å². The summed E-state index contributed by atoms with van der Waals surface area (Å²) in [6, 6.07) is 0. The molecule has 0 aromatic rings. The van der Waals surface area contributed by atoms with Crippen molar-refractivity contribution in [2.45, 2.75) is 245 Å². The van der Waals surface area contributed by atoms with Crippen LogP contribution in [0.25, 0.3) is 0 Å². The molecule has 0 rings (SSSR count). The Morgan fingerprint density at radius 1 is 0.423 bits per heavy atom. The highest BCUT2D eigenvalue weighted by atomic mass is 16.5. The van der Waals surface area contributed by atoms with Crippen LogP contribution in [0.1, 0.15) is 239 Å². The summed E-state index contributed by atoms with van der Waals surface area (Å²) in [5.74, 6) is -0.681. The lowest BCUT2D eigenvalue weighted by molar-refractivity contribution is -0.150. The third-order valence-electron chi connectivity index (χ3n) is 10.1. The second-order valence-electron chi connectivity index (χ2n) is 15.2. The van der Waals surface area contributed by atoms with Gasteiger partial charge in [0.15, 0.2) is 0 Å². The summed E-state index contributed by atoms with van der Waals surface area (Å²) in [6.45, 7) is 4.53. The van der Waals surface area contributed by atoms with Crippen LogP contribution >= 0.6 is 0 Å². The molecule has 302 valence electrons. The van der Waals surface area contributed by atoms with Gasteiger partial charge in [-0.25, -0.2) is 0 Å². The zero-order chi connectivity index (χ0) is 37.8. The third kappa shape index (κ3) is 42.3. The summed E-state index contributed by atoms with van der Waals surface area (Å²) in [5.41, 5.74) is 0. The Kier molecular flexibility index (Phi) is 41.6. The number of rotatable bonds is 41. The fourth-order valence-electron chi connectivity index (χ4n) is 6.70. The topological polar surface area (TPSA) is 63.6 Å². The lowest BCUT2D eigenvalue weighted by Crippen LogP contribution is -2.18. The highest BCUT2D eigenvalue weighted by Gasteiger charge is 2.14. The number of allylic oxidation sites excluding steroid dienone is 8. The first-order valence-electron chi connectivity index (χ1n) is 22.6. The first kappa shape index (κ1) is 49.9. The molecule has 0 aliphatic carbocycles. The van der Waals surface area contributed by atoms with E-state index in [4.69, 9.17) is 9.84 Å². The van der Waals surface area contributed by atoms with E-state index >= 15 is 0 Å². The molecule has 52 heavy (non-hydrogen) atoms. The van der Waals surface area contributed by atoms with E-state index in [0.717, 1.165) is 83.5 Å². The van der Waals surface area contributed by atoms with Crippen LogP contribution < -0.4 is 0 Å². The van der Waals surface area contributed by atoms with E-state index in [-0.39, 0.29) is 12.1 Å². The highest BCUT2D eigenvalue weighted by molar-refractivity contribution is 5.69. The van der Waals surface area contributed by atoms with E-state index in [0.29, 0.717) is 12.8 Å². The minimum absolute atomic E-state index is 0.00706. The molecule has 0 saturated carbocycles. The van der Waals surface area contributed by atoms with E-state index in [1.165, 1.54) is 128 Å². The molecular formula is C48H86O4. The molecule has 0 aliphatic rings. The van der Waals surface area contributed by atoms with Gasteiger partial charge in [0.2, 0.25) is 0 Å². The van der Waals surface area contributed by atoms with Gasteiger partial charge in [-0.2, -0.15) is 0 Å². The number of ether oxygens (including phenoxy) is 1. The number of unbranched alkanes of at least 4 members (excludes halogenated alkanes) is 24. The number of carbonyl (C=O) groups is 2. The molecule has 0 aromatic carbocycles. The molecule has 1 N–H and O–H groups in total. The fourth-order valence-corrected chi connectivity index (χ4v) is 6.70. The number of hydrogen-bond donors (Lipinski definition) is 1. The first-order valence-corrected chi connectivity index (χ1v) is 22.6. The van der Waals surface area contributed by atoms with E-state index in [1.54, 1.807) is 0 Å². The van der Waals surface area contributed by atoms with Crippen LogP contribution in [0.3, 0.4) is 0 Å². The number of aliphatic carboxylic acids is 1. The quantitative estimate of drug-likeness (QED) is 0.0387. The van der Waals surface area contributed by atoms with Crippen LogP contribution in [0.15, 0.2) is 48.6 Å². The zero-order valence-corrected chi connectivity index (χ0v) is 34.6. The minimum Gasteiger partial charge on any atom is -0.481 e. The predicted molar refractivity (Wildman–Crippen MR) is 227 cm³/mol. The summed E-state index contributed by atoms with van der Waals surface area (Å²) in [7, 11) is 0. The van der Waals surface area contributed by atoms with Gasteiger partial charge in [0.1, 0.15) is 6.10 Å². The molecule has 4 heteroatoms. The summed E-state index contributed by atoms with van der Waals surface area (Å²) in [4.78, 5) is 23.4. The molecule has 1 atom stereocenters. The molecule has 0 amide bonds. The van der Waals surface area contributed by atoms with Crippen molar-refractivity contribution in [1.82, 2.24) is 0 Å². The Balaban J connectivity index is 4.06. The minimum atomic E-state index is -0.688. The maximum atomic E-state index is 12.8. The first-order chi connectivity index (χ1) is 25.6. The second-order valence-corrected chi connectivity index (χ2v) is 15.2. The van der Waals surface area contributed by atoms with Crippen LogP contribution in [0.4, 0.5) is 0 Å². The molecule has 0 heterocycles. The summed E-state index contributed by atoms with van der Waals surface area (Å²) in [6.07, 6.45) is 58.5. The largest absolute Gasteiger partial charge is 0.481 e. The summed E-state index contributed by atoms with van der Waals surface area (Å²) < 4.78 is 6.05. The van der Waals surface area contributed by atoms with Crippen molar-refractivity contribution < 1.29 is 19.4 Å². The number of carbonyl (C=O) groups excluding carboxylic acids is 1. The van der Waals surface area contributed by atoms with Gasteiger partial charge >= 0.3 is 11.9 Å². The number of hydrogen-bond acceptors (Lipinski definition) is 3. The average molecular weight is 727 g/mol. The number of carboxylic acids is 1. The summed E-state index contributed by atoms with van der Waals surface area (Å²) in [5, 5.41) is 8.79. The SMILES string of the molecule is CCCCC/C=C\C/C=C\C/C=C\C/C=C\CCCCCCCC(=O)OC(CCCCCCCCCCCCC)CCCCCCCCCC(=O)O. The van der Waals surface area contributed by atoms with Gasteiger partial charge in [-0.05, 0) is 83.5 Å². The molecule has 0 radical (unpaired) electrons. The van der Waals surface area contributed by atoms with Crippen molar-refractivity contribution in [1.29, 1.82) is 0 Å². The van der Waals surface area contributed by atoms with Crippen LogP contribution in [0, 0.1) is 0 Å². The fraction of sp³-hybridized carbons (Fsp3) is 0.792. The Hall–Kier alpha value is -2.10. The van der Waals surface area contributed by atoms with Crippen molar-refractivity contribution in [3.05, 3.63) is 48.6 Å². The Bertz CT molecular complexity index is 870. The van der Waals surface area contributed by atoms with Crippen LogP contribution in [-0.2, 0) is 14.3 Å². The highest BCUT2D eigenvalue weighted by Crippen LogP contribution is 2.19. The van der Waals surface area contributed by atoms with Gasteiger partial charge in [0, 0.05) is 12.8 Å². The van der Waals surface area contributed by atoms with Crippen molar-refractivity contribution in [3.8, 4) is 0 Å². The van der Waals surface area contributed by atoms with Crippen molar-refractivity contribution >= 4 is 11.9 Å². The number of esters is 1. The predicted octanol–water partition coefficient (Wildman–Crippen LogP) is 15.9. The number of carboxylic acid groups (broad SMARTS) is 1. The van der Waals surface area contributed by atoms with Gasteiger partial charge in [0.05, 0.1) is 0 Å². The zero-order valence-electron chi connectivity index (χ0n) is 34.6. The third-order valence-corrected chi connectivity index (χ3v) is 10.1. The van der Waals surface area contributed by atoms with Crippen molar-refractivity contribution in [2.24, 2.45) is 0 Å². The molecule has 0 bridgehead atoms. The van der Waals surface area contributed by atoms with E-state index in [1.807, 2.05) is 0 Å². The maximum absolute atomic E-state index is 12.8. The van der Waals surface area contributed by atoms with Gasteiger partial charge < -0.3 is 9.84 Å². The lowest BCUT2D eigenvalue weighted by atomic mass is 10.0. The molecule has 0 saturated heterocycles. The average Bonchev–Trinajstić information content (AvgIpc) is 3.13. The van der Waals surface area contributed by atoms with Gasteiger partial charge in [-0.15, -0.1) is 0 Å². The van der Waals surface area contributed by atoms with Gasteiger partial charge in [0.25, 0.3) is 0 Å². The molecular weight excluding hydrogens is 641 g/mol. The van der Waals surface area contributed by atoms with Gasteiger partial charge in [-0.1, -0.05) is 191 Å². The van der Waals surface area contributed by atoms with Crippen LogP contribution in [0.2, 0.25) is 0 Å². The summed E-state index contributed by atoms with van der Waals surface area (Å²) >= 11 is 0.